The molecule has 0 aliphatic heterocycles. The molecule has 2 atom stereocenters. The third-order valence-corrected chi connectivity index (χ3v) is 12.0. The first-order valence-electron chi connectivity index (χ1n) is 25.0. The minimum absolute atomic E-state index is 0.0197. The van der Waals surface area contributed by atoms with Gasteiger partial charge in [-0.3, -0.25) is 9.59 Å². The van der Waals surface area contributed by atoms with Crippen molar-refractivity contribution >= 4 is 11.9 Å². The van der Waals surface area contributed by atoms with Crippen LogP contribution in [0.3, 0.4) is 0 Å². The van der Waals surface area contributed by atoms with Gasteiger partial charge in [0.05, 0.1) is 6.61 Å². The highest BCUT2D eigenvalue weighted by molar-refractivity contribution is 5.76. The van der Waals surface area contributed by atoms with E-state index in [9.17, 15) is 9.59 Å². The van der Waals surface area contributed by atoms with E-state index >= 15 is 0 Å². The molecule has 0 aromatic heterocycles. The Labute approximate surface area is 346 Å². The van der Waals surface area contributed by atoms with E-state index in [0.717, 1.165) is 51.6 Å². The van der Waals surface area contributed by atoms with Crippen molar-refractivity contribution in [3.8, 4) is 0 Å². The summed E-state index contributed by atoms with van der Waals surface area (Å²) in [6.45, 7) is 11.7. The van der Waals surface area contributed by atoms with Crippen LogP contribution in [0.4, 0.5) is 0 Å². The summed E-state index contributed by atoms with van der Waals surface area (Å²) in [6, 6.07) is 0.390. The van der Waals surface area contributed by atoms with E-state index in [1.165, 1.54) is 193 Å². The number of amides is 1. The molecule has 0 aliphatic rings. The minimum atomic E-state index is 0.0197. The average Bonchev–Trinajstić information content (AvgIpc) is 3.17. The molecule has 1 amide bonds. The van der Waals surface area contributed by atoms with Gasteiger partial charge in [0.2, 0.25) is 5.91 Å². The van der Waals surface area contributed by atoms with Gasteiger partial charge in [-0.2, -0.15) is 0 Å². The molecule has 5 heteroatoms. The van der Waals surface area contributed by atoms with Crippen LogP contribution in [0.1, 0.15) is 265 Å². The maximum Gasteiger partial charge on any atom is 0.305 e. The lowest BCUT2D eigenvalue weighted by atomic mass is 9.95. The molecule has 0 heterocycles. The molecule has 0 spiro atoms. The van der Waals surface area contributed by atoms with Crippen molar-refractivity contribution in [1.29, 1.82) is 0 Å². The molecule has 5 nitrogen and oxygen atoms in total. The molecular formula is C50H100N2O3. The monoisotopic (exact) mass is 777 g/mol. The lowest BCUT2D eigenvalue weighted by Gasteiger charge is -2.33. The van der Waals surface area contributed by atoms with Crippen LogP contribution in [0.5, 0.6) is 0 Å². The van der Waals surface area contributed by atoms with E-state index in [1.807, 2.05) is 0 Å². The highest BCUT2D eigenvalue weighted by atomic mass is 16.5. The second-order valence-electron chi connectivity index (χ2n) is 17.8. The van der Waals surface area contributed by atoms with Crippen molar-refractivity contribution in [3.05, 3.63) is 0 Å². The molecule has 0 fully saturated rings. The summed E-state index contributed by atoms with van der Waals surface area (Å²) in [5.41, 5.74) is 0. The first-order chi connectivity index (χ1) is 26.9. The number of unbranched alkanes of at least 4 members (excludes halogenated alkanes) is 25. The van der Waals surface area contributed by atoms with Crippen molar-refractivity contribution < 1.29 is 14.3 Å². The molecule has 55 heavy (non-hydrogen) atoms. The Hall–Kier alpha value is -1.10. The van der Waals surface area contributed by atoms with Gasteiger partial charge in [0.15, 0.2) is 0 Å². The Kier molecular flexibility index (Phi) is 41.7. The summed E-state index contributed by atoms with van der Waals surface area (Å²) in [7, 11) is 4.29. The van der Waals surface area contributed by atoms with Gasteiger partial charge in [-0.15, -0.1) is 0 Å². The number of nitrogens with zero attached hydrogens (tertiary/aromatic N) is 2. The smallest absolute Gasteiger partial charge is 0.305 e. The van der Waals surface area contributed by atoms with E-state index in [-0.39, 0.29) is 5.97 Å². The van der Waals surface area contributed by atoms with Gasteiger partial charge in [-0.25, -0.2) is 0 Å². The number of carbonyl (C=O) groups excluding carboxylic acids is 2. The van der Waals surface area contributed by atoms with E-state index < -0.39 is 0 Å². The summed E-state index contributed by atoms with van der Waals surface area (Å²) in [5.74, 6) is 0.974. The van der Waals surface area contributed by atoms with Crippen molar-refractivity contribution in [2.45, 2.75) is 271 Å². The van der Waals surface area contributed by atoms with E-state index in [4.69, 9.17) is 4.74 Å². The predicted octanol–water partition coefficient (Wildman–Crippen LogP) is 15.4. The molecule has 0 rings (SSSR count). The fourth-order valence-corrected chi connectivity index (χ4v) is 8.26. The van der Waals surface area contributed by atoms with Gasteiger partial charge in [-0.1, -0.05) is 207 Å². The Balaban J connectivity index is 4.77. The fourth-order valence-electron chi connectivity index (χ4n) is 8.26. The summed E-state index contributed by atoms with van der Waals surface area (Å²) >= 11 is 0. The summed E-state index contributed by atoms with van der Waals surface area (Å²) in [5, 5.41) is 0. The normalized spacial score (nSPS) is 12.7. The third kappa shape index (κ3) is 37.0. The number of esters is 1. The Morgan fingerprint density at radius 3 is 1.22 bits per heavy atom. The lowest BCUT2D eigenvalue weighted by molar-refractivity contribution is -0.145. The van der Waals surface area contributed by atoms with E-state index in [0.29, 0.717) is 30.9 Å². The topological polar surface area (TPSA) is 49.9 Å². The van der Waals surface area contributed by atoms with Crippen LogP contribution < -0.4 is 0 Å². The zero-order chi connectivity index (χ0) is 40.5. The summed E-state index contributed by atoms with van der Waals surface area (Å²) in [4.78, 5) is 31.0. The highest BCUT2D eigenvalue weighted by Crippen LogP contribution is 2.23. The van der Waals surface area contributed by atoms with Crippen LogP contribution in [0.25, 0.3) is 0 Å². The van der Waals surface area contributed by atoms with E-state index in [1.54, 1.807) is 0 Å². The van der Waals surface area contributed by atoms with E-state index in [2.05, 4.69) is 51.6 Å². The molecule has 0 saturated heterocycles. The van der Waals surface area contributed by atoms with Gasteiger partial charge in [-0.05, 0) is 71.5 Å². The molecule has 0 aromatic carbocycles. The highest BCUT2D eigenvalue weighted by Gasteiger charge is 2.23. The van der Waals surface area contributed by atoms with Crippen molar-refractivity contribution in [2.24, 2.45) is 5.92 Å². The molecule has 0 N–H and O–H groups in total. The zero-order valence-corrected chi connectivity index (χ0v) is 38.6. The fraction of sp³-hybridized carbons (Fsp3) is 0.960. The van der Waals surface area contributed by atoms with Gasteiger partial charge in [0, 0.05) is 25.4 Å². The molecule has 0 saturated carbocycles. The Bertz CT molecular complexity index is 802. The predicted molar refractivity (Wildman–Crippen MR) is 242 cm³/mol. The second kappa shape index (κ2) is 42.5. The van der Waals surface area contributed by atoms with Crippen LogP contribution >= 0.6 is 0 Å². The summed E-state index contributed by atoms with van der Waals surface area (Å²) < 4.78 is 5.86. The van der Waals surface area contributed by atoms with Gasteiger partial charge < -0.3 is 14.5 Å². The molecular weight excluding hydrogens is 677 g/mol. The second-order valence-corrected chi connectivity index (χ2v) is 17.8. The molecule has 0 bridgehead atoms. The van der Waals surface area contributed by atoms with Gasteiger partial charge >= 0.3 is 5.97 Å². The van der Waals surface area contributed by atoms with Gasteiger partial charge in [0.25, 0.3) is 0 Å². The lowest BCUT2D eigenvalue weighted by Crippen LogP contribution is -2.41. The maximum atomic E-state index is 13.7. The Morgan fingerprint density at radius 1 is 0.418 bits per heavy atom. The number of hydrogen-bond donors (Lipinski definition) is 0. The number of ether oxygens (including phenoxy) is 1. The van der Waals surface area contributed by atoms with Crippen molar-refractivity contribution in [1.82, 2.24) is 9.80 Å². The molecule has 0 aromatic rings. The zero-order valence-electron chi connectivity index (χ0n) is 38.6. The van der Waals surface area contributed by atoms with Gasteiger partial charge in [0.1, 0.15) is 0 Å². The van der Waals surface area contributed by atoms with Crippen LogP contribution in [-0.4, -0.2) is 61.5 Å². The molecule has 0 radical (unpaired) electrons. The van der Waals surface area contributed by atoms with Crippen molar-refractivity contribution in [3.63, 3.8) is 0 Å². The summed E-state index contributed by atoms with van der Waals surface area (Å²) in [6.07, 6.45) is 45.3. The number of hydrogen-bond acceptors (Lipinski definition) is 4. The molecule has 2 unspecified atom stereocenters. The maximum absolute atomic E-state index is 13.7. The first kappa shape index (κ1) is 53.9. The van der Waals surface area contributed by atoms with Crippen LogP contribution in [0.2, 0.25) is 0 Å². The molecule has 328 valence electrons. The molecule has 0 aliphatic carbocycles. The van der Waals surface area contributed by atoms with Crippen LogP contribution in [0, 0.1) is 5.92 Å². The first-order valence-corrected chi connectivity index (χ1v) is 25.0. The van der Waals surface area contributed by atoms with Crippen LogP contribution in [-0.2, 0) is 14.3 Å². The Morgan fingerprint density at radius 2 is 0.782 bits per heavy atom. The van der Waals surface area contributed by atoms with Crippen LogP contribution in [0.15, 0.2) is 0 Å². The number of carbonyl (C=O) groups is 2. The minimum Gasteiger partial charge on any atom is -0.465 e. The average molecular weight is 777 g/mol. The standard InChI is InChI=1S/C50H100N2O3/c1-7-11-15-19-22-26-32-39-47(38-31-18-14-10-4)46-55-50(54)43-36-30-25-24-28-34-41-48(40-33-27-23-20-16-12-8-2)52(45-37-44-51(5)6)49(53)42-35-29-21-17-13-9-3/h47-48H,7-46H2,1-6H3. The quantitative estimate of drug-likeness (QED) is 0.0457. The number of rotatable bonds is 44. The SMILES string of the molecule is CCCCCCCCCC(CCCCCC)COC(=O)CCCCCCCCC(CCCCCCCCC)N(CCCN(C)C)C(=O)CCCCCCCC. The third-order valence-electron chi connectivity index (χ3n) is 12.0. The largest absolute Gasteiger partial charge is 0.465 e. The van der Waals surface area contributed by atoms with Crippen molar-refractivity contribution in [2.75, 3.05) is 33.8 Å².